The number of benzene rings is 1. The molecule has 3 rings (SSSR count). The Hall–Kier alpha value is -1.06. The molecule has 0 spiro atoms. The molecule has 3 nitrogen and oxygen atoms in total. The zero-order valence-corrected chi connectivity index (χ0v) is 11.8. The number of likely N-dealkylation sites (tertiary alicyclic amines) is 1. The number of ether oxygens (including phenoxy) is 1. The lowest BCUT2D eigenvalue weighted by molar-refractivity contribution is 0.279. The predicted molar refractivity (Wildman–Crippen MR) is 77.6 cm³/mol. The van der Waals surface area contributed by atoms with Gasteiger partial charge in [-0.1, -0.05) is 25.1 Å². The molecule has 0 amide bonds. The number of hydrogen-bond donors (Lipinski definition) is 1. The van der Waals surface area contributed by atoms with Crippen LogP contribution in [0.3, 0.4) is 0 Å². The van der Waals surface area contributed by atoms with E-state index in [1.165, 1.54) is 44.5 Å². The fourth-order valence-electron chi connectivity index (χ4n) is 3.22. The number of nitrogens with zero attached hydrogens (tertiary/aromatic N) is 1. The fourth-order valence-corrected chi connectivity index (χ4v) is 3.22. The van der Waals surface area contributed by atoms with E-state index >= 15 is 0 Å². The zero-order chi connectivity index (χ0) is 13.1. The average Bonchev–Trinajstić information content (AvgIpc) is 2.71. The SMILES string of the molecule is CCN1CCCC(NC2COc3ccccc32)CC1. The van der Waals surface area contributed by atoms with Gasteiger partial charge >= 0.3 is 0 Å². The summed E-state index contributed by atoms with van der Waals surface area (Å²) in [5, 5.41) is 3.81. The van der Waals surface area contributed by atoms with Crippen molar-refractivity contribution in [3.63, 3.8) is 0 Å². The number of hydrogen-bond acceptors (Lipinski definition) is 3. The molecule has 1 aromatic carbocycles. The van der Waals surface area contributed by atoms with Crippen LogP contribution in [0.4, 0.5) is 0 Å². The quantitative estimate of drug-likeness (QED) is 0.904. The molecule has 2 aliphatic rings. The summed E-state index contributed by atoms with van der Waals surface area (Å²) in [6, 6.07) is 9.43. The highest BCUT2D eigenvalue weighted by molar-refractivity contribution is 5.39. The first-order valence-corrected chi connectivity index (χ1v) is 7.57. The van der Waals surface area contributed by atoms with E-state index in [4.69, 9.17) is 4.74 Å². The van der Waals surface area contributed by atoms with E-state index in [-0.39, 0.29) is 0 Å². The fraction of sp³-hybridized carbons (Fsp3) is 0.625. The van der Waals surface area contributed by atoms with Gasteiger partial charge in [0.15, 0.2) is 0 Å². The molecule has 1 fully saturated rings. The number of nitrogens with one attached hydrogen (secondary N) is 1. The largest absolute Gasteiger partial charge is 0.491 e. The van der Waals surface area contributed by atoms with Gasteiger partial charge in [-0.3, -0.25) is 0 Å². The molecule has 0 radical (unpaired) electrons. The van der Waals surface area contributed by atoms with E-state index in [1.807, 2.05) is 6.07 Å². The lowest BCUT2D eigenvalue weighted by atomic mass is 10.0. The highest BCUT2D eigenvalue weighted by Crippen LogP contribution is 2.32. The smallest absolute Gasteiger partial charge is 0.124 e. The normalized spacial score (nSPS) is 27.6. The van der Waals surface area contributed by atoms with Crippen LogP contribution in [0.5, 0.6) is 5.75 Å². The average molecular weight is 260 g/mol. The maximum atomic E-state index is 5.75. The summed E-state index contributed by atoms with van der Waals surface area (Å²) in [6.45, 7) is 6.71. The summed E-state index contributed by atoms with van der Waals surface area (Å²) >= 11 is 0. The maximum Gasteiger partial charge on any atom is 0.124 e. The Morgan fingerprint density at radius 3 is 3.05 bits per heavy atom. The van der Waals surface area contributed by atoms with Gasteiger partial charge in [-0.2, -0.15) is 0 Å². The van der Waals surface area contributed by atoms with Crippen LogP contribution in [0.2, 0.25) is 0 Å². The summed E-state index contributed by atoms with van der Waals surface area (Å²) < 4.78 is 5.75. The van der Waals surface area contributed by atoms with Crippen molar-refractivity contribution in [2.45, 2.75) is 38.3 Å². The van der Waals surface area contributed by atoms with Crippen molar-refractivity contribution < 1.29 is 4.74 Å². The van der Waals surface area contributed by atoms with Gasteiger partial charge in [0.2, 0.25) is 0 Å². The second kappa shape index (κ2) is 5.93. The van der Waals surface area contributed by atoms with Crippen LogP contribution in [-0.4, -0.2) is 37.2 Å². The highest BCUT2D eigenvalue weighted by Gasteiger charge is 2.26. The molecule has 3 heteroatoms. The number of fused-ring (bicyclic) bond motifs is 1. The zero-order valence-electron chi connectivity index (χ0n) is 11.8. The van der Waals surface area contributed by atoms with Crippen molar-refractivity contribution in [2.75, 3.05) is 26.2 Å². The lowest BCUT2D eigenvalue weighted by Gasteiger charge is -2.21. The molecule has 2 heterocycles. The van der Waals surface area contributed by atoms with Crippen molar-refractivity contribution in [1.82, 2.24) is 10.2 Å². The van der Waals surface area contributed by atoms with Gasteiger partial charge in [0.25, 0.3) is 0 Å². The van der Waals surface area contributed by atoms with Gasteiger partial charge in [0.1, 0.15) is 12.4 Å². The molecule has 0 aromatic heterocycles. The first kappa shape index (κ1) is 12.9. The third-order valence-corrected chi connectivity index (χ3v) is 4.40. The van der Waals surface area contributed by atoms with Crippen LogP contribution in [0, 0.1) is 0 Å². The van der Waals surface area contributed by atoms with Crippen molar-refractivity contribution in [1.29, 1.82) is 0 Å². The molecule has 2 aliphatic heterocycles. The molecule has 1 aromatic rings. The Morgan fingerprint density at radius 1 is 1.26 bits per heavy atom. The topological polar surface area (TPSA) is 24.5 Å². The third-order valence-electron chi connectivity index (χ3n) is 4.40. The molecule has 2 unspecified atom stereocenters. The number of para-hydroxylation sites is 1. The summed E-state index contributed by atoms with van der Waals surface area (Å²) in [4.78, 5) is 2.56. The highest BCUT2D eigenvalue weighted by atomic mass is 16.5. The summed E-state index contributed by atoms with van der Waals surface area (Å²) in [6.07, 6.45) is 3.85. The minimum atomic E-state index is 0.384. The Kier molecular flexibility index (Phi) is 4.04. The van der Waals surface area contributed by atoms with E-state index in [1.54, 1.807) is 0 Å². The van der Waals surface area contributed by atoms with Gasteiger partial charge in [-0.05, 0) is 45.0 Å². The van der Waals surface area contributed by atoms with E-state index in [9.17, 15) is 0 Å². The first-order chi connectivity index (χ1) is 9.36. The Labute approximate surface area is 115 Å². The molecular weight excluding hydrogens is 236 g/mol. The summed E-state index contributed by atoms with van der Waals surface area (Å²) in [5.74, 6) is 1.06. The lowest BCUT2D eigenvalue weighted by Crippen LogP contribution is -2.34. The third kappa shape index (κ3) is 2.93. The van der Waals surface area contributed by atoms with Gasteiger partial charge in [0.05, 0.1) is 6.04 Å². The van der Waals surface area contributed by atoms with Crippen LogP contribution in [0.1, 0.15) is 37.8 Å². The van der Waals surface area contributed by atoms with Crippen molar-refractivity contribution in [3.05, 3.63) is 29.8 Å². The Bertz CT molecular complexity index is 421. The van der Waals surface area contributed by atoms with Crippen LogP contribution in [0.25, 0.3) is 0 Å². The Morgan fingerprint density at radius 2 is 2.16 bits per heavy atom. The molecule has 1 N–H and O–H groups in total. The second-order valence-electron chi connectivity index (χ2n) is 5.63. The molecule has 19 heavy (non-hydrogen) atoms. The van der Waals surface area contributed by atoms with Crippen LogP contribution >= 0.6 is 0 Å². The molecule has 0 saturated carbocycles. The van der Waals surface area contributed by atoms with Crippen molar-refractivity contribution >= 4 is 0 Å². The van der Waals surface area contributed by atoms with Crippen molar-refractivity contribution in [2.24, 2.45) is 0 Å². The second-order valence-corrected chi connectivity index (χ2v) is 5.63. The minimum absolute atomic E-state index is 0.384. The van der Waals surface area contributed by atoms with Gasteiger partial charge in [-0.15, -0.1) is 0 Å². The molecular formula is C16H24N2O. The predicted octanol–water partition coefficient (Wildman–Crippen LogP) is 2.58. The van der Waals surface area contributed by atoms with Gasteiger partial charge in [0, 0.05) is 11.6 Å². The summed E-state index contributed by atoms with van der Waals surface area (Å²) in [7, 11) is 0. The molecule has 2 atom stereocenters. The van der Waals surface area contributed by atoms with E-state index < -0.39 is 0 Å². The van der Waals surface area contributed by atoms with E-state index in [2.05, 4.69) is 35.3 Å². The first-order valence-electron chi connectivity index (χ1n) is 7.57. The van der Waals surface area contributed by atoms with Crippen molar-refractivity contribution in [3.8, 4) is 5.75 Å². The van der Waals surface area contributed by atoms with Crippen LogP contribution in [0.15, 0.2) is 24.3 Å². The van der Waals surface area contributed by atoms with Gasteiger partial charge in [-0.25, -0.2) is 0 Å². The van der Waals surface area contributed by atoms with Crippen LogP contribution < -0.4 is 10.1 Å². The summed E-state index contributed by atoms with van der Waals surface area (Å²) in [5.41, 5.74) is 1.33. The van der Waals surface area contributed by atoms with Gasteiger partial charge < -0.3 is 15.0 Å². The number of rotatable bonds is 3. The molecule has 0 bridgehead atoms. The minimum Gasteiger partial charge on any atom is -0.491 e. The van der Waals surface area contributed by atoms with E-state index in [0.717, 1.165) is 12.4 Å². The van der Waals surface area contributed by atoms with E-state index in [0.29, 0.717) is 12.1 Å². The molecule has 104 valence electrons. The monoisotopic (exact) mass is 260 g/mol. The molecule has 1 saturated heterocycles. The molecule has 0 aliphatic carbocycles. The van der Waals surface area contributed by atoms with Crippen LogP contribution in [-0.2, 0) is 0 Å². The Balaban J connectivity index is 1.60. The standard InChI is InChI=1S/C16H24N2O/c1-2-18-10-5-6-13(9-11-18)17-15-12-19-16-8-4-3-7-14(15)16/h3-4,7-8,13,15,17H,2,5-6,9-12H2,1H3. The maximum absolute atomic E-state index is 5.75.